The molecule has 6 aromatic rings. The molecule has 7 rings (SSSR count). The third-order valence-electron chi connectivity index (χ3n) is 12.4. The molecular formula is C62H68N4O11S. The van der Waals surface area contributed by atoms with Crippen molar-refractivity contribution in [1.82, 2.24) is 21.3 Å². The SMILES string of the molecule is CCOc1ccc(COC(=O)[C@H](CSC(c2ccccc2)(c2ccccc2)c2ccccc2)NC(=O)[C@H](CC(=O)OC(C)(C)C)NC(=O)[C@H](CNC(=O)OCC2c3ccccc3-c3ccccc32)NC(=O)OC(C)(C)C)cc1. The molecule has 15 nitrogen and oxygen atoms in total. The molecule has 0 spiro atoms. The van der Waals surface area contributed by atoms with Crippen LogP contribution >= 0.6 is 11.8 Å². The summed E-state index contributed by atoms with van der Waals surface area (Å²) >= 11 is 1.39. The Kier molecular flexibility index (Phi) is 19.4. The second-order valence-electron chi connectivity index (χ2n) is 20.6. The number of benzene rings is 6. The normalized spacial score (nSPS) is 13.3. The molecule has 4 amide bonds. The largest absolute Gasteiger partial charge is 0.494 e. The molecule has 1 aliphatic carbocycles. The van der Waals surface area contributed by atoms with Crippen LogP contribution in [0, 0.1) is 0 Å². The number of ether oxygens (including phenoxy) is 5. The average Bonchev–Trinajstić information content (AvgIpc) is 3.94. The number of alkyl carbamates (subject to hydrolysis) is 2. The van der Waals surface area contributed by atoms with Gasteiger partial charge in [0.2, 0.25) is 11.8 Å². The van der Waals surface area contributed by atoms with Gasteiger partial charge in [-0.3, -0.25) is 14.4 Å². The van der Waals surface area contributed by atoms with E-state index in [0.717, 1.165) is 38.9 Å². The minimum Gasteiger partial charge on any atom is -0.494 e. The van der Waals surface area contributed by atoms with Crippen LogP contribution in [0.3, 0.4) is 0 Å². The van der Waals surface area contributed by atoms with Gasteiger partial charge in [-0.25, -0.2) is 14.4 Å². The minimum atomic E-state index is -1.70. The first-order chi connectivity index (χ1) is 37.3. The molecule has 0 radical (unpaired) electrons. The monoisotopic (exact) mass is 1080 g/mol. The number of hydrogen-bond donors (Lipinski definition) is 4. The fourth-order valence-electron chi connectivity index (χ4n) is 9.05. The van der Waals surface area contributed by atoms with E-state index in [1.54, 1.807) is 65.8 Å². The van der Waals surface area contributed by atoms with Crippen molar-refractivity contribution in [2.45, 2.75) is 101 Å². The summed E-state index contributed by atoms with van der Waals surface area (Å²) in [6, 6.07) is 47.5. The molecule has 1 aliphatic rings. The zero-order valence-corrected chi connectivity index (χ0v) is 45.9. The van der Waals surface area contributed by atoms with Crippen molar-refractivity contribution in [2.24, 2.45) is 0 Å². The van der Waals surface area contributed by atoms with Crippen molar-refractivity contribution in [3.63, 3.8) is 0 Å². The molecule has 6 aromatic carbocycles. The highest BCUT2D eigenvalue weighted by molar-refractivity contribution is 8.00. The van der Waals surface area contributed by atoms with Crippen molar-refractivity contribution in [3.05, 3.63) is 197 Å². The maximum absolute atomic E-state index is 14.9. The van der Waals surface area contributed by atoms with Gasteiger partial charge < -0.3 is 45.0 Å². The van der Waals surface area contributed by atoms with Crippen molar-refractivity contribution < 1.29 is 52.5 Å². The van der Waals surface area contributed by atoms with Gasteiger partial charge in [0, 0.05) is 11.7 Å². The predicted octanol–water partition coefficient (Wildman–Crippen LogP) is 9.99. The molecule has 0 saturated carbocycles. The van der Waals surface area contributed by atoms with Crippen LogP contribution < -0.4 is 26.0 Å². The highest BCUT2D eigenvalue weighted by Gasteiger charge is 2.40. The summed E-state index contributed by atoms with van der Waals surface area (Å²) < 4.78 is 27.5. The van der Waals surface area contributed by atoms with Gasteiger partial charge >= 0.3 is 24.1 Å². The van der Waals surface area contributed by atoms with E-state index in [4.69, 9.17) is 23.7 Å². The molecule has 16 heteroatoms. The van der Waals surface area contributed by atoms with Gasteiger partial charge in [0.05, 0.1) is 24.3 Å². The van der Waals surface area contributed by atoms with Crippen LogP contribution in [0.2, 0.25) is 0 Å². The van der Waals surface area contributed by atoms with Gasteiger partial charge in [-0.05, 0) is 105 Å². The van der Waals surface area contributed by atoms with Gasteiger partial charge in [-0.2, -0.15) is 0 Å². The van der Waals surface area contributed by atoms with E-state index in [1.165, 1.54) is 11.8 Å². The fraction of sp³-hybridized carbons (Fsp3) is 0.323. The second kappa shape index (κ2) is 26.3. The highest BCUT2D eigenvalue weighted by Crippen LogP contribution is 2.49. The summed E-state index contributed by atoms with van der Waals surface area (Å²) in [6.07, 6.45) is -2.58. The number of amides is 4. The van der Waals surface area contributed by atoms with E-state index in [1.807, 2.05) is 146 Å². The maximum atomic E-state index is 14.9. The molecule has 408 valence electrons. The number of fused-ring (bicyclic) bond motifs is 3. The smallest absolute Gasteiger partial charge is 0.408 e. The first kappa shape index (κ1) is 57.6. The number of nitrogens with one attached hydrogen (secondary N) is 4. The zero-order valence-electron chi connectivity index (χ0n) is 45.0. The fourth-order valence-corrected chi connectivity index (χ4v) is 10.6. The van der Waals surface area contributed by atoms with Crippen molar-refractivity contribution in [1.29, 1.82) is 0 Å². The van der Waals surface area contributed by atoms with E-state index in [0.29, 0.717) is 17.9 Å². The lowest BCUT2D eigenvalue weighted by Gasteiger charge is -2.36. The Labute approximate surface area is 460 Å². The van der Waals surface area contributed by atoms with E-state index < -0.39 is 83.0 Å². The van der Waals surface area contributed by atoms with Crippen molar-refractivity contribution in [3.8, 4) is 16.9 Å². The first-order valence-electron chi connectivity index (χ1n) is 25.9. The topological polar surface area (TPSA) is 197 Å². The molecule has 0 bridgehead atoms. The van der Waals surface area contributed by atoms with Crippen LogP contribution in [0.15, 0.2) is 164 Å². The van der Waals surface area contributed by atoms with Crippen molar-refractivity contribution in [2.75, 3.05) is 25.5 Å². The summed E-state index contributed by atoms with van der Waals surface area (Å²) in [5.41, 5.74) is 5.42. The Morgan fingerprint density at radius 3 is 1.54 bits per heavy atom. The lowest BCUT2D eigenvalue weighted by molar-refractivity contribution is -0.156. The van der Waals surface area contributed by atoms with E-state index in [9.17, 15) is 28.8 Å². The number of carbonyl (C=O) groups excluding carboxylic acids is 6. The van der Waals surface area contributed by atoms with Gasteiger partial charge in [0.25, 0.3) is 0 Å². The molecule has 4 N–H and O–H groups in total. The summed E-state index contributed by atoms with van der Waals surface area (Å²) in [5.74, 6) is -3.27. The number of carbonyl (C=O) groups is 6. The van der Waals surface area contributed by atoms with Crippen LogP contribution in [-0.2, 0) is 49.5 Å². The molecule has 0 saturated heterocycles. The quantitative estimate of drug-likeness (QED) is 0.0286. The van der Waals surface area contributed by atoms with Crippen LogP contribution in [0.1, 0.15) is 94.2 Å². The molecule has 0 aromatic heterocycles. The Hall–Kier alpha value is -8.11. The Morgan fingerprint density at radius 2 is 1.03 bits per heavy atom. The number of thioether (sulfide) groups is 1. The lowest BCUT2D eigenvalue weighted by atomic mass is 9.84. The van der Waals surface area contributed by atoms with Crippen molar-refractivity contribution >= 4 is 47.7 Å². The van der Waals surface area contributed by atoms with E-state index >= 15 is 0 Å². The first-order valence-corrected chi connectivity index (χ1v) is 26.9. The summed E-state index contributed by atoms with van der Waals surface area (Å²) in [4.78, 5) is 84.5. The summed E-state index contributed by atoms with van der Waals surface area (Å²) in [5, 5.41) is 10.5. The molecule has 78 heavy (non-hydrogen) atoms. The number of hydrogen-bond acceptors (Lipinski definition) is 12. The molecule has 0 aliphatic heterocycles. The number of esters is 2. The maximum Gasteiger partial charge on any atom is 0.408 e. The highest BCUT2D eigenvalue weighted by atomic mass is 32.2. The molecule has 0 heterocycles. The van der Waals surface area contributed by atoms with Gasteiger partial charge in [-0.15, -0.1) is 11.8 Å². The third kappa shape index (κ3) is 15.5. The predicted molar refractivity (Wildman–Crippen MR) is 300 cm³/mol. The number of rotatable bonds is 22. The summed E-state index contributed by atoms with van der Waals surface area (Å²) in [6.45, 7) is 11.5. The Morgan fingerprint density at radius 1 is 0.538 bits per heavy atom. The van der Waals surface area contributed by atoms with E-state index in [-0.39, 0.29) is 24.9 Å². The van der Waals surface area contributed by atoms with Crippen LogP contribution in [0.4, 0.5) is 9.59 Å². The van der Waals surface area contributed by atoms with Gasteiger partial charge in [0.15, 0.2) is 0 Å². The minimum absolute atomic E-state index is 0.0282. The average molecular weight is 1080 g/mol. The Bertz CT molecular complexity index is 2860. The van der Waals surface area contributed by atoms with Gasteiger partial charge in [0.1, 0.15) is 48.3 Å². The van der Waals surface area contributed by atoms with E-state index in [2.05, 4.69) is 21.3 Å². The Balaban J connectivity index is 1.17. The molecule has 3 atom stereocenters. The van der Waals surface area contributed by atoms with Crippen LogP contribution in [0.25, 0.3) is 11.1 Å². The third-order valence-corrected chi connectivity index (χ3v) is 14.1. The molecular weight excluding hydrogens is 1010 g/mol. The molecule has 0 unspecified atom stereocenters. The standard InChI is InChI=1S/C62H68N4O11S/c1-8-73-45-34-32-41(33-35-45)38-74-57(70)53(40-78-62(42-22-12-9-13-23-42,43-24-14-10-15-25-43)44-26-16-11-17-27-44)65-55(68)51(36-54(67)76-60(2,3)4)64-56(69)52(66-59(72)77-61(5,6)7)37-63-58(71)75-39-50-48-30-20-18-28-46(48)47-29-19-21-31-49(47)50/h9-35,50-53H,8,36-40H2,1-7H3,(H,63,71)(H,64,69)(H,65,68)(H,66,72)/t51-,52-,53-/m0/s1. The zero-order chi connectivity index (χ0) is 55.9. The lowest BCUT2D eigenvalue weighted by Crippen LogP contribution is -2.59. The van der Waals surface area contributed by atoms with Crippen LogP contribution in [-0.4, -0.2) is 90.8 Å². The summed E-state index contributed by atoms with van der Waals surface area (Å²) in [7, 11) is 0. The van der Waals surface area contributed by atoms with Gasteiger partial charge in [-0.1, -0.05) is 152 Å². The molecule has 0 fully saturated rings. The second-order valence-corrected chi connectivity index (χ2v) is 21.8. The van der Waals surface area contributed by atoms with Crippen LogP contribution in [0.5, 0.6) is 5.75 Å².